The summed E-state index contributed by atoms with van der Waals surface area (Å²) in [7, 11) is 0. The Balaban J connectivity index is 2.56. The molecular weight excluding hydrogens is 315 g/mol. The number of hydrogen-bond acceptors (Lipinski definition) is 1. The van der Waals surface area contributed by atoms with Crippen molar-refractivity contribution in [2.45, 2.75) is 12.8 Å². The lowest BCUT2D eigenvalue weighted by molar-refractivity contribution is -0.137. The summed E-state index contributed by atoms with van der Waals surface area (Å²) in [5.41, 5.74) is -0.862. The van der Waals surface area contributed by atoms with Crippen molar-refractivity contribution in [3.63, 3.8) is 0 Å². The Kier molecular flexibility index (Phi) is 4.37. The SMILES string of the molecule is FC(F)Oc1cccc(Cl)c1-c1cccc(C(F)(F)F)c1. The molecule has 0 radical (unpaired) electrons. The van der Waals surface area contributed by atoms with Crippen molar-refractivity contribution in [3.05, 3.63) is 53.1 Å². The maximum absolute atomic E-state index is 12.7. The van der Waals surface area contributed by atoms with Crippen molar-refractivity contribution in [1.29, 1.82) is 0 Å². The topological polar surface area (TPSA) is 9.23 Å². The molecule has 0 aliphatic heterocycles. The molecule has 7 heteroatoms. The number of alkyl halides is 5. The molecule has 0 saturated carbocycles. The molecule has 0 atom stereocenters. The fourth-order valence-electron chi connectivity index (χ4n) is 1.83. The van der Waals surface area contributed by atoms with Gasteiger partial charge in [-0.1, -0.05) is 29.8 Å². The van der Waals surface area contributed by atoms with E-state index in [4.69, 9.17) is 11.6 Å². The van der Waals surface area contributed by atoms with E-state index < -0.39 is 18.4 Å². The van der Waals surface area contributed by atoms with E-state index in [1.807, 2.05) is 0 Å². The molecule has 112 valence electrons. The van der Waals surface area contributed by atoms with E-state index in [0.717, 1.165) is 12.1 Å². The molecule has 2 aromatic carbocycles. The van der Waals surface area contributed by atoms with Crippen molar-refractivity contribution < 1.29 is 26.7 Å². The third-order valence-corrected chi connectivity index (χ3v) is 2.98. The first-order valence-corrected chi connectivity index (χ1v) is 6.08. The van der Waals surface area contributed by atoms with Gasteiger partial charge in [-0.2, -0.15) is 22.0 Å². The lowest BCUT2D eigenvalue weighted by Gasteiger charge is -2.14. The van der Waals surface area contributed by atoms with E-state index in [-0.39, 0.29) is 21.9 Å². The van der Waals surface area contributed by atoms with Gasteiger partial charge in [-0.15, -0.1) is 0 Å². The van der Waals surface area contributed by atoms with Gasteiger partial charge < -0.3 is 4.74 Å². The number of hydrogen-bond donors (Lipinski definition) is 0. The van der Waals surface area contributed by atoms with Crippen LogP contribution in [0.25, 0.3) is 11.1 Å². The number of benzene rings is 2. The molecule has 0 aliphatic rings. The zero-order valence-corrected chi connectivity index (χ0v) is 11.1. The quantitative estimate of drug-likeness (QED) is 0.666. The summed E-state index contributed by atoms with van der Waals surface area (Å²) in [6, 6.07) is 8.20. The van der Waals surface area contributed by atoms with Crippen LogP contribution in [0.4, 0.5) is 22.0 Å². The van der Waals surface area contributed by atoms with E-state index in [1.165, 1.54) is 30.3 Å². The average molecular weight is 323 g/mol. The molecule has 2 aromatic rings. The van der Waals surface area contributed by atoms with E-state index >= 15 is 0 Å². The van der Waals surface area contributed by atoms with Crippen LogP contribution in [-0.4, -0.2) is 6.61 Å². The molecule has 0 N–H and O–H groups in total. The highest BCUT2D eigenvalue weighted by atomic mass is 35.5. The highest BCUT2D eigenvalue weighted by Gasteiger charge is 2.30. The summed E-state index contributed by atoms with van der Waals surface area (Å²) in [5, 5.41) is 0.0208. The summed E-state index contributed by atoms with van der Waals surface area (Å²) in [6.07, 6.45) is -4.54. The Hall–Kier alpha value is -1.82. The minimum Gasteiger partial charge on any atom is -0.434 e. The van der Waals surface area contributed by atoms with Gasteiger partial charge in [0.15, 0.2) is 0 Å². The molecule has 0 aromatic heterocycles. The largest absolute Gasteiger partial charge is 0.434 e. The predicted molar refractivity (Wildman–Crippen MR) is 68.5 cm³/mol. The highest BCUT2D eigenvalue weighted by Crippen LogP contribution is 2.39. The Labute approximate surface area is 121 Å². The van der Waals surface area contributed by atoms with Gasteiger partial charge in [0.05, 0.1) is 10.6 Å². The number of rotatable bonds is 3. The van der Waals surface area contributed by atoms with E-state index in [1.54, 1.807) is 0 Å². The third kappa shape index (κ3) is 3.64. The van der Waals surface area contributed by atoms with Crippen LogP contribution < -0.4 is 4.74 Å². The predicted octanol–water partition coefficient (Wildman–Crippen LogP) is 5.63. The Bertz CT molecular complexity index is 640. The molecule has 21 heavy (non-hydrogen) atoms. The standard InChI is InChI=1S/C14H8ClF5O/c15-10-5-2-6-11(21-13(16)17)12(10)8-3-1-4-9(7-8)14(18,19)20/h1-7,13H. The minimum atomic E-state index is -4.54. The van der Waals surface area contributed by atoms with Gasteiger partial charge in [0, 0.05) is 5.56 Å². The van der Waals surface area contributed by atoms with Gasteiger partial charge in [0.2, 0.25) is 0 Å². The second-order valence-corrected chi connectivity index (χ2v) is 4.48. The van der Waals surface area contributed by atoms with E-state index in [2.05, 4.69) is 4.74 Å². The van der Waals surface area contributed by atoms with Crippen molar-refractivity contribution in [2.24, 2.45) is 0 Å². The van der Waals surface area contributed by atoms with Gasteiger partial charge in [-0.3, -0.25) is 0 Å². The Morgan fingerprint density at radius 3 is 2.29 bits per heavy atom. The monoisotopic (exact) mass is 322 g/mol. The summed E-state index contributed by atoms with van der Waals surface area (Å²) in [4.78, 5) is 0. The van der Waals surface area contributed by atoms with Crippen LogP contribution >= 0.6 is 11.6 Å². The van der Waals surface area contributed by atoms with Gasteiger partial charge in [0.1, 0.15) is 5.75 Å². The lowest BCUT2D eigenvalue weighted by Crippen LogP contribution is -2.06. The van der Waals surface area contributed by atoms with Crippen molar-refractivity contribution >= 4 is 11.6 Å². The van der Waals surface area contributed by atoms with Crippen molar-refractivity contribution in [1.82, 2.24) is 0 Å². The zero-order valence-electron chi connectivity index (χ0n) is 10.3. The normalized spacial score (nSPS) is 11.8. The first-order valence-electron chi connectivity index (χ1n) is 5.70. The summed E-state index contributed by atoms with van der Waals surface area (Å²) < 4.78 is 67.2. The fourth-order valence-corrected chi connectivity index (χ4v) is 2.10. The van der Waals surface area contributed by atoms with Crippen LogP contribution in [0.3, 0.4) is 0 Å². The molecule has 0 spiro atoms. The maximum atomic E-state index is 12.7. The molecular formula is C14H8ClF5O. The second-order valence-electron chi connectivity index (χ2n) is 4.07. The van der Waals surface area contributed by atoms with Gasteiger partial charge in [0.25, 0.3) is 0 Å². The summed E-state index contributed by atoms with van der Waals surface area (Å²) in [6.45, 7) is -3.10. The smallest absolute Gasteiger partial charge is 0.416 e. The molecule has 0 aliphatic carbocycles. The first kappa shape index (κ1) is 15.6. The van der Waals surface area contributed by atoms with E-state index in [0.29, 0.717) is 0 Å². The molecule has 0 heterocycles. The maximum Gasteiger partial charge on any atom is 0.416 e. The summed E-state index contributed by atoms with van der Waals surface area (Å²) in [5.74, 6) is -0.281. The first-order chi connectivity index (χ1) is 9.79. The van der Waals surface area contributed by atoms with Crippen LogP contribution in [0.5, 0.6) is 5.75 Å². The van der Waals surface area contributed by atoms with Crippen molar-refractivity contribution in [3.8, 4) is 16.9 Å². The minimum absolute atomic E-state index is 0.00873. The molecule has 2 rings (SSSR count). The summed E-state index contributed by atoms with van der Waals surface area (Å²) >= 11 is 5.91. The lowest BCUT2D eigenvalue weighted by atomic mass is 10.0. The number of ether oxygens (including phenoxy) is 1. The highest BCUT2D eigenvalue weighted by molar-refractivity contribution is 6.33. The Morgan fingerprint density at radius 2 is 1.67 bits per heavy atom. The van der Waals surface area contributed by atoms with Gasteiger partial charge >= 0.3 is 12.8 Å². The van der Waals surface area contributed by atoms with Gasteiger partial charge in [-0.05, 0) is 29.8 Å². The van der Waals surface area contributed by atoms with Crippen LogP contribution in [0.1, 0.15) is 5.56 Å². The third-order valence-electron chi connectivity index (χ3n) is 2.67. The van der Waals surface area contributed by atoms with Crippen molar-refractivity contribution in [2.75, 3.05) is 0 Å². The Morgan fingerprint density at radius 1 is 1.00 bits per heavy atom. The van der Waals surface area contributed by atoms with Crippen LogP contribution in [-0.2, 0) is 6.18 Å². The van der Waals surface area contributed by atoms with Gasteiger partial charge in [-0.25, -0.2) is 0 Å². The molecule has 0 saturated heterocycles. The molecule has 0 unspecified atom stereocenters. The molecule has 0 amide bonds. The van der Waals surface area contributed by atoms with Crippen LogP contribution in [0.2, 0.25) is 5.02 Å². The van der Waals surface area contributed by atoms with E-state index in [9.17, 15) is 22.0 Å². The molecule has 0 bridgehead atoms. The fraction of sp³-hybridized carbons (Fsp3) is 0.143. The second kappa shape index (κ2) is 5.89. The zero-order chi connectivity index (χ0) is 15.6. The molecule has 0 fully saturated rings. The molecule has 1 nitrogen and oxygen atoms in total. The average Bonchev–Trinajstić information content (AvgIpc) is 2.37. The number of halogens is 6. The van der Waals surface area contributed by atoms with Crippen LogP contribution in [0, 0.1) is 0 Å². The van der Waals surface area contributed by atoms with Crippen LogP contribution in [0.15, 0.2) is 42.5 Å².